The van der Waals surface area contributed by atoms with Crippen LogP contribution < -0.4 is 5.32 Å². The first-order valence-electron chi connectivity index (χ1n) is 9.00. The molecule has 1 N–H and O–H groups in total. The van der Waals surface area contributed by atoms with Gasteiger partial charge in [-0.05, 0) is 54.7 Å². The average Bonchev–Trinajstić information content (AvgIpc) is 2.64. The van der Waals surface area contributed by atoms with Gasteiger partial charge in [-0.3, -0.25) is 4.79 Å². The van der Waals surface area contributed by atoms with Gasteiger partial charge in [0.1, 0.15) is 0 Å². The van der Waals surface area contributed by atoms with Gasteiger partial charge >= 0.3 is 0 Å². The average molecular weight is 407 g/mol. The van der Waals surface area contributed by atoms with Crippen molar-refractivity contribution in [3.05, 3.63) is 59.1 Å². The second kappa shape index (κ2) is 8.42. The summed E-state index contributed by atoms with van der Waals surface area (Å²) in [5.41, 5.74) is 1.30. The van der Waals surface area contributed by atoms with Crippen LogP contribution >= 0.6 is 11.6 Å². The Labute approximate surface area is 165 Å². The van der Waals surface area contributed by atoms with E-state index in [1.54, 1.807) is 40.7 Å². The van der Waals surface area contributed by atoms with Crippen LogP contribution in [0, 0.1) is 5.92 Å². The quantitative estimate of drug-likeness (QED) is 0.817. The minimum absolute atomic E-state index is 0.158. The second-order valence-electron chi connectivity index (χ2n) is 6.95. The van der Waals surface area contributed by atoms with E-state index in [1.165, 1.54) is 0 Å². The summed E-state index contributed by atoms with van der Waals surface area (Å²) in [4.78, 5) is 12.5. The molecule has 1 unspecified atom stereocenters. The third-order valence-corrected chi connectivity index (χ3v) is 6.95. The number of anilines is 1. The fourth-order valence-corrected chi connectivity index (χ4v) is 5.04. The van der Waals surface area contributed by atoms with E-state index in [-0.39, 0.29) is 17.2 Å². The number of piperidine rings is 1. The highest BCUT2D eigenvalue weighted by Gasteiger charge is 2.28. The van der Waals surface area contributed by atoms with Crippen molar-refractivity contribution in [1.29, 1.82) is 0 Å². The fourth-order valence-electron chi connectivity index (χ4n) is 3.24. The lowest BCUT2D eigenvalue weighted by molar-refractivity contribution is -0.115. The van der Waals surface area contributed by atoms with Crippen molar-refractivity contribution < 1.29 is 13.2 Å². The molecule has 0 radical (unpaired) electrons. The molecule has 0 saturated carbocycles. The summed E-state index contributed by atoms with van der Waals surface area (Å²) >= 11 is 6.07. The fraction of sp³-hybridized carbons (Fsp3) is 0.350. The van der Waals surface area contributed by atoms with Gasteiger partial charge in [-0.25, -0.2) is 8.42 Å². The molecule has 2 aromatic carbocycles. The van der Waals surface area contributed by atoms with E-state index >= 15 is 0 Å². The standard InChI is InChI=1S/C20H23ClN2O3S/c1-15-5-4-12-23(14-15)27(25,26)18-10-8-17(9-11-18)22-20(24)13-16-6-2-3-7-19(16)21/h2-3,6-11,15H,4-5,12-14H2,1H3,(H,22,24). The summed E-state index contributed by atoms with van der Waals surface area (Å²) in [6.07, 6.45) is 2.10. The van der Waals surface area contributed by atoms with E-state index < -0.39 is 10.0 Å². The first-order chi connectivity index (χ1) is 12.9. The van der Waals surface area contributed by atoms with Crippen molar-refractivity contribution in [2.75, 3.05) is 18.4 Å². The SMILES string of the molecule is CC1CCCN(S(=O)(=O)c2ccc(NC(=O)Cc3ccccc3Cl)cc2)C1. The number of halogens is 1. The molecule has 0 aromatic heterocycles. The van der Waals surface area contributed by atoms with E-state index in [1.807, 2.05) is 12.1 Å². The largest absolute Gasteiger partial charge is 0.326 e. The molecule has 1 atom stereocenters. The van der Waals surface area contributed by atoms with Crippen LogP contribution in [0.25, 0.3) is 0 Å². The van der Waals surface area contributed by atoms with Crippen LogP contribution in [0.4, 0.5) is 5.69 Å². The lowest BCUT2D eigenvalue weighted by atomic mass is 10.0. The van der Waals surface area contributed by atoms with Gasteiger partial charge in [0.25, 0.3) is 0 Å². The summed E-state index contributed by atoms with van der Waals surface area (Å²) in [6, 6.07) is 13.5. The van der Waals surface area contributed by atoms with Gasteiger partial charge in [-0.2, -0.15) is 4.31 Å². The number of hydrogen-bond donors (Lipinski definition) is 1. The summed E-state index contributed by atoms with van der Waals surface area (Å²) in [7, 11) is -3.49. The van der Waals surface area contributed by atoms with E-state index in [0.717, 1.165) is 18.4 Å². The number of sulfonamides is 1. The number of nitrogens with one attached hydrogen (secondary N) is 1. The molecule has 1 heterocycles. The van der Waals surface area contributed by atoms with E-state index in [9.17, 15) is 13.2 Å². The number of hydrogen-bond acceptors (Lipinski definition) is 3. The first kappa shape index (κ1) is 19.9. The molecule has 1 fully saturated rings. The highest BCUT2D eigenvalue weighted by molar-refractivity contribution is 7.89. The summed E-state index contributed by atoms with van der Waals surface area (Å²) in [6.45, 7) is 3.18. The number of benzene rings is 2. The van der Waals surface area contributed by atoms with Crippen LogP contribution in [0.1, 0.15) is 25.3 Å². The zero-order valence-corrected chi connectivity index (χ0v) is 16.8. The summed E-state index contributed by atoms with van der Waals surface area (Å²) in [5.74, 6) is 0.167. The molecular formula is C20H23ClN2O3S. The molecule has 144 valence electrons. The van der Waals surface area contributed by atoms with Gasteiger partial charge in [0, 0.05) is 23.8 Å². The highest BCUT2D eigenvalue weighted by Crippen LogP contribution is 2.24. The number of carbonyl (C=O) groups excluding carboxylic acids is 1. The van der Waals surface area contributed by atoms with Gasteiger partial charge in [-0.15, -0.1) is 0 Å². The number of amides is 1. The summed E-state index contributed by atoms with van der Waals surface area (Å²) in [5, 5.41) is 3.32. The zero-order valence-electron chi connectivity index (χ0n) is 15.2. The Hall–Kier alpha value is -1.89. The molecule has 27 heavy (non-hydrogen) atoms. The lowest BCUT2D eigenvalue weighted by Gasteiger charge is -2.30. The van der Waals surface area contributed by atoms with Crippen LogP contribution in [0.15, 0.2) is 53.4 Å². The zero-order chi connectivity index (χ0) is 19.4. The molecule has 1 aliphatic rings. The van der Waals surface area contributed by atoms with Crippen molar-refractivity contribution in [1.82, 2.24) is 4.31 Å². The van der Waals surface area contributed by atoms with Gasteiger partial charge in [-0.1, -0.05) is 36.7 Å². The van der Waals surface area contributed by atoms with E-state index in [2.05, 4.69) is 12.2 Å². The maximum atomic E-state index is 12.8. The van der Waals surface area contributed by atoms with Gasteiger partial charge in [0.05, 0.1) is 11.3 Å². The first-order valence-corrected chi connectivity index (χ1v) is 10.8. The maximum absolute atomic E-state index is 12.8. The Balaban J connectivity index is 1.66. The van der Waals surface area contributed by atoms with Crippen molar-refractivity contribution in [3.63, 3.8) is 0 Å². The maximum Gasteiger partial charge on any atom is 0.243 e. The Morgan fingerprint density at radius 1 is 1.19 bits per heavy atom. The third kappa shape index (κ3) is 4.89. The van der Waals surface area contributed by atoms with Gasteiger partial charge < -0.3 is 5.32 Å². The number of rotatable bonds is 5. The number of carbonyl (C=O) groups is 1. The van der Waals surface area contributed by atoms with Crippen LogP contribution in [0.5, 0.6) is 0 Å². The minimum Gasteiger partial charge on any atom is -0.326 e. The van der Waals surface area contributed by atoms with E-state index in [0.29, 0.717) is 29.7 Å². The van der Waals surface area contributed by atoms with Crippen LogP contribution in [0.3, 0.4) is 0 Å². The molecule has 0 spiro atoms. The van der Waals surface area contributed by atoms with Gasteiger partial charge in [0.2, 0.25) is 15.9 Å². The Kier molecular flexibility index (Phi) is 6.19. The monoisotopic (exact) mass is 406 g/mol. The molecule has 7 heteroatoms. The smallest absolute Gasteiger partial charge is 0.243 e. The van der Waals surface area contributed by atoms with Crippen LogP contribution in [-0.2, 0) is 21.2 Å². The van der Waals surface area contributed by atoms with E-state index in [4.69, 9.17) is 11.6 Å². The van der Waals surface area contributed by atoms with Crippen LogP contribution in [0.2, 0.25) is 5.02 Å². The minimum atomic E-state index is -3.49. The predicted octanol–water partition coefficient (Wildman–Crippen LogP) is 3.94. The molecule has 0 bridgehead atoms. The molecule has 1 saturated heterocycles. The van der Waals surface area contributed by atoms with Crippen molar-refractivity contribution >= 4 is 33.2 Å². The normalized spacial score (nSPS) is 18.2. The molecule has 5 nitrogen and oxygen atoms in total. The Bertz CT molecular complexity index is 913. The van der Waals surface area contributed by atoms with Gasteiger partial charge in [0.15, 0.2) is 0 Å². The van der Waals surface area contributed by atoms with Crippen LogP contribution in [-0.4, -0.2) is 31.7 Å². The Morgan fingerprint density at radius 3 is 2.56 bits per heavy atom. The highest BCUT2D eigenvalue weighted by atomic mass is 35.5. The molecule has 2 aromatic rings. The molecule has 1 amide bonds. The number of nitrogens with zero attached hydrogens (tertiary/aromatic N) is 1. The predicted molar refractivity (Wildman–Crippen MR) is 107 cm³/mol. The second-order valence-corrected chi connectivity index (χ2v) is 9.30. The lowest BCUT2D eigenvalue weighted by Crippen LogP contribution is -2.39. The van der Waals surface area contributed by atoms with Crippen molar-refractivity contribution in [2.24, 2.45) is 5.92 Å². The van der Waals surface area contributed by atoms with Crippen molar-refractivity contribution in [3.8, 4) is 0 Å². The molecule has 0 aliphatic carbocycles. The third-order valence-electron chi connectivity index (χ3n) is 4.70. The molecule has 3 rings (SSSR count). The topological polar surface area (TPSA) is 66.5 Å². The molecular weight excluding hydrogens is 384 g/mol. The summed E-state index contributed by atoms with van der Waals surface area (Å²) < 4.78 is 27.1. The molecule has 1 aliphatic heterocycles. The Morgan fingerprint density at radius 2 is 1.89 bits per heavy atom. The van der Waals surface area contributed by atoms with Crippen molar-refractivity contribution in [2.45, 2.75) is 31.1 Å².